The zero-order chi connectivity index (χ0) is 11.5. The predicted molar refractivity (Wildman–Crippen MR) is 60.6 cm³/mol. The van der Waals surface area contributed by atoms with Gasteiger partial charge in [-0.05, 0) is 24.6 Å². The summed E-state index contributed by atoms with van der Waals surface area (Å²) in [5.41, 5.74) is 0.256. The lowest BCUT2D eigenvalue weighted by Gasteiger charge is -2.14. The van der Waals surface area contributed by atoms with Crippen molar-refractivity contribution in [3.63, 3.8) is 0 Å². The van der Waals surface area contributed by atoms with Crippen molar-refractivity contribution in [3.8, 4) is 0 Å². The monoisotopic (exact) mass is 222 g/mol. The zero-order valence-electron chi connectivity index (χ0n) is 9.16. The van der Waals surface area contributed by atoms with Crippen molar-refractivity contribution < 1.29 is 9.18 Å². The Balaban J connectivity index is 2.05. The minimum atomic E-state index is -0.394. The van der Waals surface area contributed by atoms with Crippen LogP contribution in [0.3, 0.4) is 0 Å². The van der Waals surface area contributed by atoms with E-state index in [2.05, 4.69) is 10.6 Å². The number of anilines is 1. The van der Waals surface area contributed by atoms with E-state index in [4.69, 9.17) is 0 Å². The zero-order valence-corrected chi connectivity index (χ0v) is 9.16. The molecule has 86 valence electrons. The van der Waals surface area contributed by atoms with Gasteiger partial charge in [0.25, 0.3) is 0 Å². The molecular formula is C12H15FN2O. The number of rotatable bonds is 2. The largest absolute Gasteiger partial charge is 0.323 e. The first kappa shape index (κ1) is 11.1. The van der Waals surface area contributed by atoms with Crippen molar-refractivity contribution in [3.05, 3.63) is 30.1 Å². The molecule has 2 atom stereocenters. The molecule has 0 spiro atoms. The first-order valence-electron chi connectivity index (χ1n) is 5.44. The molecule has 1 aromatic carbocycles. The minimum Gasteiger partial charge on any atom is -0.323 e. The molecule has 0 aliphatic carbocycles. The first-order valence-corrected chi connectivity index (χ1v) is 5.44. The summed E-state index contributed by atoms with van der Waals surface area (Å²) in [7, 11) is 0. The molecule has 0 unspecified atom stereocenters. The fourth-order valence-corrected chi connectivity index (χ4v) is 1.95. The summed E-state index contributed by atoms with van der Waals surface area (Å²) in [6, 6.07) is 6.21. The number of benzene rings is 1. The third-order valence-electron chi connectivity index (χ3n) is 2.99. The number of carbonyl (C=O) groups excluding carboxylic acids is 1. The molecule has 0 radical (unpaired) electrons. The summed E-state index contributed by atoms with van der Waals surface area (Å²) in [6.07, 6.45) is 0. The maximum atomic E-state index is 13.3. The van der Waals surface area contributed by atoms with Crippen molar-refractivity contribution >= 4 is 11.6 Å². The summed E-state index contributed by atoms with van der Waals surface area (Å²) >= 11 is 0. The van der Waals surface area contributed by atoms with E-state index in [-0.39, 0.29) is 17.5 Å². The average molecular weight is 222 g/mol. The van der Waals surface area contributed by atoms with E-state index in [0.29, 0.717) is 12.5 Å². The van der Waals surface area contributed by atoms with E-state index < -0.39 is 5.82 Å². The van der Waals surface area contributed by atoms with Crippen LogP contribution in [0.5, 0.6) is 0 Å². The second kappa shape index (κ2) is 4.61. The van der Waals surface area contributed by atoms with Gasteiger partial charge in [0.1, 0.15) is 5.82 Å². The van der Waals surface area contributed by atoms with Gasteiger partial charge in [-0.1, -0.05) is 19.1 Å². The first-order chi connectivity index (χ1) is 7.68. The average Bonchev–Trinajstić information content (AvgIpc) is 2.68. The molecule has 1 aliphatic heterocycles. The molecule has 1 aromatic rings. The Kier molecular flexibility index (Phi) is 3.19. The molecule has 0 saturated carbocycles. The summed E-state index contributed by atoms with van der Waals surface area (Å²) in [6.45, 7) is 3.53. The smallest absolute Gasteiger partial charge is 0.229 e. The molecule has 2 rings (SSSR count). The predicted octanol–water partition coefficient (Wildman–Crippen LogP) is 1.62. The lowest BCUT2D eigenvalue weighted by molar-refractivity contribution is -0.120. The van der Waals surface area contributed by atoms with Crippen LogP contribution in [0.1, 0.15) is 6.92 Å². The molecular weight excluding hydrogens is 207 g/mol. The quantitative estimate of drug-likeness (QED) is 0.798. The van der Waals surface area contributed by atoms with Gasteiger partial charge < -0.3 is 10.6 Å². The van der Waals surface area contributed by atoms with Crippen molar-refractivity contribution in [1.29, 1.82) is 0 Å². The second-order valence-electron chi connectivity index (χ2n) is 4.21. The minimum absolute atomic E-state index is 0.0698. The van der Waals surface area contributed by atoms with Crippen molar-refractivity contribution in [2.45, 2.75) is 6.92 Å². The third-order valence-corrected chi connectivity index (χ3v) is 2.99. The lowest BCUT2D eigenvalue weighted by atomic mass is 9.97. The molecule has 0 aromatic heterocycles. The highest BCUT2D eigenvalue weighted by molar-refractivity contribution is 5.93. The Bertz CT molecular complexity index is 394. The molecule has 16 heavy (non-hydrogen) atoms. The summed E-state index contributed by atoms with van der Waals surface area (Å²) in [4.78, 5) is 11.9. The van der Waals surface area contributed by atoms with Gasteiger partial charge in [0.15, 0.2) is 0 Å². The van der Waals surface area contributed by atoms with E-state index >= 15 is 0 Å². The van der Waals surface area contributed by atoms with Crippen LogP contribution in [-0.2, 0) is 4.79 Å². The number of carbonyl (C=O) groups is 1. The van der Waals surface area contributed by atoms with Gasteiger partial charge in [0, 0.05) is 6.54 Å². The number of hydrogen-bond acceptors (Lipinski definition) is 2. The van der Waals surface area contributed by atoms with Crippen molar-refractivity contribution in [2.24, 2.45) is 11.8 Å². The Morgan fingerprint density at radius 1 is 1.44 bits per heavy atom. The highest BCUT2D eigenvalue weighted by Gasteiger charge is 2.29. The van der Waals surface area contributed by atoms with Crippen molar-refractivity contribution in [2.75, 3.05) is 18.4 Å². The Labute approximate surface area is 94.0 Å². The Hall–Kier alpha value is -1.42. The van der Waals surface area contributed by atoms with E-state index in [1.807, 2.05) is 6.92 Å². The van der Waals surface area contributed by atoms with E-state index in [1.54, 1.807) is 18.2 Å². The molecule has 1 saturated heterocycles. The highest BCUT2D eigenvalue weighted by atomic mass is 19.1. The van der Waals surface area contributed by atoms with Crippen LogP contribution in [0.15, 0.2) is 24.3 Å². The van der Waals surface area contributed by atoms with Crippen LogP contribution in [0.25, 0.3) is 0 Å². The van der Waals surface area contributed by atoms with Crippen molar-refractivity contribution in [1.82, 2.24) is 5.32 Å². The van der Waals surface area contributed by atoms with Crippen LogP contribution in [0.2, 0.25) is 0 Å². The van der Waals surface area contributed by atoms with Gasteiger partial charge in [-0.3, -0.25) is 4.79 Å². The Morgan fingerprint density at radius 2 is 2.19 bits per heavy atom. The number of amides is 1. The topological polar surface area (TPSA) is 41.1 Å². The molecule has 2 N–H and O–H groups in total. The van der Waals surface area contributed by atoms with E-state index in [0.717, 1.165) is 6.54 Å². The standard InChI is InChI=1S/C12H15FN2O/c1-8-6-14-7-9(8)12(16)15-11-5-3-2-4-10(11)13/h2-5,8-9,14H,6-7H2,1H3,(H,15,16)/t8-,9-/m1/s1. The fourth-order valence-electron chi connectivity index (χ4n) is 1.95. The molecule has 1 heterocycles. The normalized spacial score (nSPS) is 24.4. The molecule has 0 bridgehead atoms. The molecule has 1 amide bonds. The highest BCUT2D eigenvalue weighted by Crippen LogP contribution is 2.19. The van der Waals surface area contributed by atoms with E-state index in [9.17, 15) is 9.18 Å². The number of nitrogens with one attached hydrogen (secondary N) is 2. The summed E-state index contributed by atoms with van der Waals surface area (Å²) in [5.74, 6) is -0.275. The second-order valence-corrected chi connectivity index (χ2v) is 4.21. The maximum Gasteiger partial charge on any atom is 0.229 e. The number of hydrogen-bond donors (Lipinski definition) is 2. The SMILES string of the molecule is C[C@@H]1CNC[C@H]1C(=O)Nc1ccccc1F. The van der Waals surface area contributed by atoms with Gasteiger partial charge >= 0.3 is 0 Å². The lowest BCUT2D eigenvalue weighted by Crippen LogP contribution is -2.28. The summed E-state index contributed by atoms with van der Waals surface area (Å²) in [5, 5.41) is 5.78. The van der Waals surface area contributed by atoms with E-state index in [1.165, 1.54) is 6.07 Å². The van der Waals surface area contributed by atoms with Gasteiger partial charge in [-0.25, -0.2) is 4.39 Å². The van der Waals surface area contributed by atoms with Gasteiger partial charge in [-0.15, -0.1) is 0 Å². The van der Waals surface area contributed by atoms with Crippen LogP contribution in [0, 0.1) is 17.7 Å². The van der Waals surface area contributed by atoms with Crippen LogP contribution >= 0.6 is 0 Å². The van der Waals surface area contributed by atoms with Gasteiger partial charge in [0.05, 0.1) is 11.6 Å². The van der Waals surface area contributed by atoms with Gasteiger partial charge in [0.2, 0.25) is 5.91 Å². The molecule has 1 fully saturated rings. The Morgan fingerprint density at radius 3 is 2.81 bits per heavy atom. The summed E-state index contributed by atoms with van der Waals surface area (Å²) < 4.78 is 13.3. The number of halogens is 1. The number of para-hydroxylation sites is 1. The molecule has 4 heteroatoms. The van der Waals surface area contributed by atoms with Crippen LogP contribution < -0.4 is 10.6 Å². The van der Waals surface area contributed by atoms with Crippen LogP contribution in [-0.4, -0.2) is 19.0 Å². The van der Waals surface area contributed by atoms with Crippen LogP contribution in [0.4, 0.5) is 10.1 Å². The maximum absolute atomic E-state index is 13.3. The molecule has 1 aliphatic rings. The molecule has 3 nitrogen and oxygen atoms in total. The van der Waals surface area contributed by atoms with Gasteiger partial charge in [-0.2, -0.15) is 0 Å². The third kappa shape index (κ3) is 2.22. The fraction of sp³-hybridized carbons (Fsp3) is 0.417.